The van der Waals surface area contributed by atoms with Gasteiger partial charge in [0.1, 0.15) is 11.6 Å². The normalized spacial score (nSPS) is 14.3. The quantitative estimate of drug-likeness (QED) is 0.519. The van der Waals surface area contributed by atoms with Crippen LogP contribution in [0, 0.1) is 11.3 Å². The molecule has 1 amide bonds. The first-order valence-electron chi connectivity index (χ1n) is 10.6. The predicted octanol–water partition coefficient (Wildman–Crippen LogP) is 4.72. The van der Waals surface area contributed by atoms with Crippen LogP contribution in [0.3, 0.4) is 0 Å². The molecule has 1 aliphatic carbocycles. The SMILES string of the molecule is CCC(NC(=O)/C(C#N)=C\Nc1cccc(N(C)C)c1)c1ccc2c(c1)CCCC2. The standard InChI is InChI=1S/C25H30N4O/c1-4-24(20-13-12-18-8-5-6-9-19(18)14-20)28-25(30)21(16-26)17-27-22-10-7-11-23(15-22)29(2)3/h7,10-15,17,24,27H,4-6,8-9H2,1-3H3,(H,28,30)/b21-17-. The number of amides is 1. The zero-order valence-corrected chi connectivity index (χ0v) is 18.0. The van der Waals surface area contributed by atoms with Gasteiger partial charge in [-0.1, -0.05) is 31.2 Å². The summed E-state index contributed by atoms with van der Waals surface area (Å²) in [6.07, 6.45) is 6.96. The van der Waals surface area contributed by atoms with Crippen LogP contribution in [0.15, 0.2) is 54.2 Å². The maximum absolute atomic E-state index is 12.8. The van der Waals surface area contributed by atoms with Crippen LogP contribution >= 0.6 is 0 Å². The van der Waals surface area contributed by atoms with Gasteiger partial charge < -0.3 is 15.5 Å². The Morgan fingerprint density at radius 3 is 2.63 bits per heavy atom. The number of anilines is 2. The molecule has 156 valence electrons. The molecule has 0 radical (unpaired) electrons. The number of carbonyl (C=O) groups excluding carboxylic acids is 1. The number of hydrogen-bond acceptors (Lipinski definition) is 4. The summed E-state index contributed by atoms with van der Waals surface area (Å²) in [5.41, 5.74) is 5.84. The fraction of sp³-hybridized carbons (Fsp3) is 0.360. The molecule has 30 heavy (non-hydrogen) atoms. The third kappa shape index (κ3) is 5.21. The monoisotopic (exact) mass is 402 g/mol. The Bertz CT molecular complexity index is 971. The van der Waals surface area contributed by atoms with E-state index in [9.17, 15) is 10.1 Å². The average Bonchev–Trinajstić information content (AvgIpc) is 2.77. The molecule has 0 aliphatic heterocycles. The Balaban J connectivity index is 1.71. The van der Waals surface area contributed by atoms with E-state index < -0.39 is 0 Å². The van der Waals surface area contributed by atoms with E-state index in [2.05, 4.69) is 28.8 Å². The maximum atomic E-state index is 12.8. The highest BCUT2D eigenvalue weighted by Crippen LogP contribution is 2.26. The van der Waals surface area contributed by atoms with Crippen LogP contribution in [0.1, 0.15) is 48.9 Å². The lowest BCUT2D eigenvalue weighted by atomic mass is 9.88. The van der Waals surface area contributed by atoms with Gasteiger partial charge in [0.2, 0.25) is 0 Å². The summed E-state index contributed by atoms with van der Waals surface area (Å²) in [7, 11) is 3.93. The van der Waals surface area contributed by atoms with Crippen molar-refractivity contribution in [2.24, 2.45) is 0 Å². The van der Waals surface area contributed by atoms with Gasteiger partial charge in [-0.3, -0.25) is 4.79 Å². The van der Waals surface area contributed by atoms with E-state index in [4.69, 9.17) is 0 Å². The number of nitrogens with one attached hydrogen (secondary N) is 2. The smallest absolute Gasteiger partial charge is 0.263 e. The van der Waals surface area contributed by atoms with Crippen LogP contribution in [0.25, 0.3) is 0 Å². The molecule has 5 heteroatoms. The van der Waals surface area contributed by atoms with Crippen LogP contribution in [-0.2, 0) is 17.6 Å². The minimum atomic E-state index is -0.363. The molecular formula is C25H30N4O. The second kappa shape index (κ2) is 9.98. The number of nitriles is 1. The lowest BCUT2D eigenvalue weighted by Gasteiger charge is -2.21. The summed E-state index contributed by atoms with van der Waals surface area (Å²) >= 11 is 0. The summed E-state index contributed by atoms with van der Waals surface area (Å²) < 4.78 is 0. The molecule has 0 spiro atoms. The Morgan fingerprint density at radius 1 is 1.17 bits per heavy atom. The molecule has 0 heterocycles. The number of fused-ring (bicyclic) bond motifs is 1. The minimum absolute atomic E-state index is 0.0571. The topological polar surface area (TPSA) is 68.2 Å². The molecule has 1 unspecified atom stereocenters. The molecule has 0 saturated heterocycles. The molecule has 1 atom stereocenters. The van der Waals surface area contributed by atoms with Gasteiger partial charge in [0.05, 0.1) is 6.04 Å². The molecule has 3 rings (SSSR count). The third-order valence-corrected chi connectivity index (χ3v) is 5.60. The number of hydrogen-bond donors (Lipinski definition) is 2. The third-order valence-electron chi connectivity index (χ3n) is 5.60. The van der Waals surface area contributed by atoms with Crippen molar-refractivity contribution in [1.29, 1.82) is 5.26 Å². The van der Waals surface area contributed by atoms with E-state index in [1.54, 1.807) is 0 Å². The van der Waals surface area contributed by atoms with Crippen LogP contribution in [0.4, 0.5) is 11.4 Å². The summed E-state index contributed by atoms with van der Waals surface area (Å²) in [5, 5.41) is 15.6. The zero-order valence-electron chi connectivity index (χ0n) is 18.0. The van der Waals surface area contributed by atoms with Crippen molar-refractivity contribution in [1.82, 2.24) is 5.32 Å². The van der Waals surface area contributed by atoms with Crippen molar-refractivity contribution in [3.05, 3.63) is 70.9 Å². The number of aryl methyl sites for hydroxylation is 2. The number of benzene rings is 2. The summed E-state index contributed by atoms with van der Waals surface area (Å²) in [5.74, 6) is -0.363. The Labute approximate surface area is 179 Å². The van der Waals surface area contributed by atoms with Crippen molar-refractivity contribution in [2.75, 3.05) is 24.3 Å². The van der Waals surface area contributed by atoms with Gasteiger partial charge >= 0.3 is 0 Å². The van der Waals surface area contributed by atoms with E-state index in [1.807, 2.05) is 56.3 Å². The molecule has 5 nitrogen and oxygen atoms in total. The molecule has 1 aliphatic rings. The van der Waals surface area contributed by atoms with E-state index in [-0.39, 0.29) is 17.5 Å². The first-order chi connectivity index (χ1) is 14.5. The molecular weight excluding hydrogens is 372 g/mol. The number of nitrogens with zero attached hydrogens (tertiary/aromatic N) is 2. The van der Waals surface area contributed by atoms with Crippen molar-refractivity contribution in [2.45, 2.75) is 45.1 Å². The highest BCUT2D eigenvalue weighted by atomic mass is 16.1. The van der Waals surface area contributed by atoms with Gasteiger partial charge in [0, 0.05) is 31.7 Å². The van der Waals surface area contributed by atoms with Crippen molar-refractivity contribution in [3.63, 3.8) is 0 Å². The predicted molar refractivity (Wildman–Crippen MR) is 122 cm³/mol. The summed E-state index contributed by atoms with van der Waals surface area (Å²) in [4.78, 5) is 14.7. The largest absolute Gasteiger partial charge is 0.378 e. The van der Waals surface area contributed by atoms with Gasteiger partial charge in [0.15, 0.2) is 0 Å². The van der Waals surface area contributed by atoms with Crippen LogP contribution < -0.4 is 15.5 Å². The molecule has 0 fully saturated rings. The molecule has 0 bridgehead atoms. The summed E-state index contributed by atoms with van der Waals surface area (Å²) in [6.45, 7) is 2.05. The minimum Gasteiger partial charge on any atom is -0.378 e. The van der Waals surface area contributed by atoms with Gasteiger partial charge in [-0.05, 0) is 67.0 Å². The highest BCUT2D eigenvalue weighted by molar-refractivity contribution is 5.97. The highest BCUT2D eigenvalue weighted by Gasteiger charge is 2.18. The summed E-state index contributed by atoms with van der Waals surface area (Å²) in [6, 6.07) is 16.2. The fourth-order valence-electron chi connectivity index (χ4n) is 3.81. The van der Waals surface area contributed by atoms with E-state index in [0.29, 0.717) is 0 Å². The lowest BCUT2D eigenvalue weighted by Crippen LogP contribution is -2.29. The van der Waals surface area contributed by atoms with Crippen LogP contribution in [-0.4, -0.2) is 20.0 Å². The van der Waals surface area contributed by atoms with Gasteiger partial charge in [-0.15, -0.1) is 0 Å². The second-order valence-corrected chi connectivity index (χ2v) is 7.93. The Morgan fingerprint density at radius 2 is 1.93 bits per heavy atom. The van der Waals surface area contributed by atoms with E-state index in [0.717, 1.165) is 36.2 Å². The Hall–Kier alpha value is -3.26. The van der Waals surface area contributed by atoms with Gasteiger partial charge in [-0.25, -0.2) is 0 Å². The fourth-order valence-corrected chi connectivity index (χ4v) is 3.81. The molecule has 0 saturated carbocycles. The zero-order chi connectivity index (χ0) is 21.5. The van der Waals surface area contributed by atoms with Gasteiger partial charge in [-0.2, -0.15) is 5.26 Å². The molecule has 2 aromatic carbocycles. The molecule has 0 aromatic heterocycles. The first-order valence-corrected chi connectivity index (χ1v) is 10.6. The second-order valence-electron chi connectivity index (χ2n) is 7.93. The first kappa shape index (κ1) is 21.4. The van der Waals surface area contributed by atoms with Gasteiger partial charge in [0.25, 0.3) is 5.91 Å². The van der Waals surface area contributed by atoms with E-state index in [1.165, 1.54) is 30.2 Å². The number of carbonyl (C=O) groups is 1. The molecule has 2 N–H and O–H groups in total. The maximum Gasteiger partial charge on any atom is 0.263 e. The van der Waals surface area contributed by atoms with Crippen molar-refractivity contribution < 1.29 is 4.79 Å². The lowest BCUT2D eigenvalue weighted by molar-refractivity contribution is -0.117. The van der Waals surface area contributed by atoms with Crippen LogP contribution in [0.2, 0.25) is 0 Å². The van der Waals surface area contributed by atoms with E-state index >= 15 is 0 Å². The Kier molecular flexibility index (Phi) is 7.13. The molecule has 2 aromatic rings. The van der Waals surface area contributed by atoms with Crippen molar-refractivity contribution in [3.8, 4) is 6.07 Å². The van der Waals surface area contributed by atoms with Crippen molar-refractivity contribution >= 4 is 17.3 Å². The number of rotatable bonds is 7. The average molecular weight is 403 g/mol. The van der Waals surface area contributed by atoms with Crippen LogP contribution in [0.5, 0.6) is 0 Å².